The Morgan fingerprint density at radius 1 is 1.29 bits per heavy atom. The van der Waals surface area contributed by atoms with E-state index in [0.717, 1.165) is 21.7 Å². The summed E-state index contributed by atoms with van der Waals surface area (Å²) in [4.78, 5) is 13.6. The van der Waals surface area contributed by atoms with Gasteiger partial charge in [0.15, 0.2) is 4.90 Å². The molecule has 0 radical (unpaired) electrons. The number of carbonyl (C=O) groups is 1. The molecule has 1 aromatic rings. The van der Waals surface area contributed by atoms with E-state index < -0.39 is 16.6 Å². The van der Waals surface area contributed by atoms with Crippen molar-refractivity contribution < 1.29 is 9.35 Å². The zero-order chi connectivity index (χ0) is 18.1. The van der Waals surface area contributed by atoms with Crippen molar-refractivity contribution in [2.24, 2.45) is 17.1 Å². The third-order valence-electron chi connectivity index (χ3n) is 4.31. The Kier molecular flexibility index (Phi) is 5.63. The Bertz CT molecular complexity index is 636. The van der Waals surface area contributed by atoms with Crippen molar-refractivity contribution in [3.8, 4) is 0 Å². The molecular formula is C18H27N3O2S. The van der Waals surface area contributed by atoms with Crippen molar-refractivity contribution in [3.63, 3.8) is 0 Å². The fourth-order valence-electron chi connectivity index (χ4n) is 2.94. The standard InChI is InChI=1S/C18H27N3O2S/c1-12(2)11-21-17(22)18(3,4)15(10-19)16(20-21)13-6-8-14(9-7-13)24(5)23/h6-9,12,20H,10-11,19H2,1-5H3. The van der Waals surface area contributed by atoms with Gasteiger partial charge in [0.2, 0.25) is 0 Å². The van der Waals surface area contributed by atoms with Crippen molar-refractivity contribution in [1.82, 2.24) is 10.4 Å². The maximum absolute atomic E-state index is 12.8. The third-order valence-corrected chi connectivity index (χ3v) is 5.25. The third kappa shape index (κ3) is 3.61. The summed E-state index contributed by atoms with van der Waals surface area (Å²) >= 11 is -1.01. The molecule has 0 aromatic heterocycles. The first-order valence-corrected chi connectivity index (χ1v) is 9.70. The summed E-state index contributed by atoms with van der Waals surface area (Å²) in [6.07, 6.45) is 1.66. The van der Waals surface area contributed by atoms with Gasteiger partial charge in [0.25, 0.3) is 5.91 Å². The molecule has 1 heterocycles. The highest BCUT2D eigenvalue weighted by Crippen LogP contribution is 2.37. The van der Waals surface area contributed by atoms with Crippen molar-refractivity contribution in [2.45, 2.75) is 32.6 Å². The van der Waals surface area contributed by atoms with E-state index in [4.69, 9.17) is 5.73 Å². The molecule has 0 saturated heterocycles. The van der Waals surface area contributed by atoms with Crippen LogP contribution in [0, 0.1) is 11.3 Å². The van der Waals surface area contributed by atoms with E-state index >= 15 is 0 Å². The first-order chi connectivity index (χ1) is 11.2. The molecule has 5 nitrogen and oxygen atoms in total. The number of hydrogen-bond donors (Lipinski definition) is 2. The van der Waals surface area contributed by atoms with E-state index in [9.17, 15) is 9.35 Å². The Balaban J connectivity index is 2.48. The van der Waals surface area contributed by atoms with Crippen LogP contribution in [0.15, 0.2) is 34.7 Å². The monoisotopic (exact) mass is 349 g/mol. The molecule has 1 atom stereocenters. The van der Waals surface area contributed by atoms with Gasteiger partial charge in [-0.15, -0.1) is 0 Å². The minimum Gasteiger partial charge on any atom is -0.612 e. The molecule has 1 aliphatic heterocycles. The number of carbonyl (C=O) groups excluding carboxylic acids is 1. The molecule has 1 aromatic carbocycles. The molecule has 1 aliphatic rings. The molecule has 0 saturated carbocycles. The minimum absolute atomic E-state index is 0.0340. The number of nitrogens with zero attached hydrogens (tertiary/aromatic N) is 1. The Labute approximate surface area is 147 Å². The number of nitrogens with two attached hydrogens (primary N) is 1. The van der Waals surface area contributed by atoms with Crippen LogP contribution in [0.5, 0.6) is 0 Å². The van der Waals surface area contributed by atoms with E-state index in [0.29, 0.717) is 19.0 Å². The van der Waals surface area contributed by atoms with E-state index in [2.05, 4.69) is 19.3 Å². The van der Waals surface area contributed by atoms with Crippen LogP contribution in [-0.2, 0) is 16.0 Å². The second kappa shape index (κ2) is 7.17. The topological polar surface area (TPSA) is 81.4 Å². The van der Waals surface area contributed by atoms with Crippen LogP contribution in [0.3, 0.4) is 0 Å². The highest BCUT2D eigenvalue weighted by molar-refractivity contribution is 7.90. The number of rotatable bonds is 5. The first-order valence-electron chi connectivity index (χ1n) is 8.14. The Morgan fingerprint density at radius 3 is 2.33 bits per heavy atom. The van der Waals surface area contributed by atoms with E-state index in [1.54, 1.807) is 11.3 Å². The lowest BCUT2D eigenvalue weighted by Crippen LogP contribution is -2.55. The summed E-state index contributed by atoms with van der Waals surface area (Å²) in [5, 5.41) is 1.69. The molecule has 6 heteroatoms. The molecule has 0 fully saturated rings. The van der Waals surface area contributed by atoms with Crippen LogP contribution in [0.1, 0.15) is 33.3 Å². The average molecular weight is 350 g/mol. The molecule has 0 aliphatic carbocycles. The van der Waals surface area contributed by atoms with Crippen LogP contribution in [0.4, 0.5) is 0 Å². The lowest BCUT2D eigenvalue weighted by atomic mass is 9.79. The summed E-state index contributed by atoms with van der Waals surface area (Å²) in [5.74, 6) is 0.384. The van der Waals surface area contributed by atoms with Gasteiger partial charge >= 0.3 is 0 Å². The minimum atomic E-state index is -1.01. The zero-order valence-electron chi connectivity index (χ0n) is 15.1. The average Bonchev–Trinajstić information content (AvgIpc) is 2.51. The molecule has 0 bridgehead atoms. The van der Waals surface area contributed by atoms with E-state index in [1.807, 2.05) is 38.1 Å². The maximum atomic E-state index is 12.8. The van der Waals surface area contributed by atoms with Crippen LogP contribution in [0.2, 0.25) is 0 Å². The van der Waals surface area contributed by atoms with Crippen molar-refractivity contribution in [1.29, 1.82) is 0 Å². The highest BCUT2D eigenvalue weighted by Gasteiger charge is 2.41. The molecule has 0 spiro atoms. The van der Waals surface area contributed by atoms with Crippen LogP contribution < -0.4 is 11.2 Å². The lowest BCUT2D eigenvalue weighted by molar-refractivity contribution is -0.142. The van der Waals surface area contributed by atoms with Gasteiger partial charge in [-0.3, -0.25) is 15.2 Å². The smallest absolute Gasteiger partial charge is 0.250 e. The van der Waals surface area contributed by atoms with Crippen molar-refractivity contribution >= 4 is 22.8 Å². The molecule has 24 heavy (non-hydrogen) atoms. The van der Waals surface area contributed by atoms with E-state index in [-0.39, 0.29) is 5.91 Å². The summed E-state index contributed by atoms with van der Waals surface area (Å²) in [6.45, 7) is 8.92. The van der Waals surface area contributed by atoms with Gasteiger partial charge in [-0.2, -0.15) is 0 Å². The molecule has 3 N–H and O–H groups in total. The lowest BCUT2D eigenvalue weighted by Gasteiger charge is -2.42. The first kappa shape index (κ1) is 18.8. The van der Waals surface area contributed by atoms with Gasteiger partial charge < -0.3 is 10.3 Å². The molecule has 132 valence electrons. The number of nitrogens with one attached hydrogen (secondary N) is 1. The van der Waals surface area contributed by atoms with Crippen LogP contribution >= 0.6 is 0 Å². The second-order valence-corrected chi connectivity index (χ2v) is 8.46. The predicted molar refractivity (Wildman–Crippen MR) is 98.2 cm³/mol. The van der Waals surface area contributed by atoms with Crippen molar-refractivity contribution in [3.05, 3.63) is 35.4 Å². The number of benzene rings is 1. The molecule has 2 rings (SSSR count). The van der Waals surface area contributed by atoms with Gasteiger partial charge in [-0.25, -0.2) is 0 Å². The Hall–Kier alpha value is -1.50. The summed E-state index contributed by atoms with van der Waals surface area (Å²) < 4.78 is 11.6. The van der Waals surface area contributed by atoms with Gasteiger partial charge in [0, 0.05) is 13.1 Å². The quantitative estimate of drug-likeness (QED) is 0.798. The largest absolute Gasteiger partial charge is 0.612 e. The molecule has 1 amide bonds. The molecular weight excluding hydrogens is 322 g/mol. The van der Waals surface area contributed by atoms with Crippen LogP contribution in [-0.4, -0.2) is 34.8 Å². The van der Waals surface area contributed by atoms with E-state index in [1.165, 1.54) is 0 Å². The summed E-state index contributed by atoms with van der Waals surface area (Å²) in [7, 11) is 0. The summed E-state index contributed by atoms with van der Waals surface area (Å²) in [6, 6.07) is 7.55. The SMILES string of the molecule is CC(C)CN1NC(c2ccc([S+](C)[O-])cc2)=C(CN)C(C)(C)C1=O. The maximum Gasteiger partial charge on any atom is 0.250 e. The number of hydrazine groups is 1. The summed E-state index contributed by atoms with van der Waals surface area (Å²) in [5.41, 5.74) is 11.3. The van der Waals surface area contributed by atoms with Crippen LogP contribution in [0.25, 0.3) is 5.70 Å². The second-order valence-electron chi connectivity index (χ2n) is 7.08. The number of amides is 1. The normalized spacial score (nSPS) is 18.8. The van der Waals surface area contributed by atoms with Gasteiger partial charge in [0.05, 0.1) is 11.1 Å². The predicted octanol–water partition coefficient (Wildman–Crippen LogP) is 2.12. The van der Waals surface area contributed by atoms with Gasteiger partial charge in [-0.1, -0.05) is 13.8 Å². The van der Waals surface area contributed by atoms with Gasteiger partial charge in [-0.05, 0) is 66.3 Å². The fourth-order valence-corrected chi connectivity index (χ4v) is 3.45. The van der Waals surface area contributed by atoms with Gasteiger partial charge in [0.1, 0.15) is 6.26 Å². The number of hydrogen-bond acceptors (Lipinski definition) is 4. The Morgan fingerprint density at radius 2 is 1.88 bits per heavy atom. The zero-order valence-corrected chi connectivity index (χ0v) is 15.9. The fraction of sp³-hybridized carbons (Fsp3) is 0.500. The van der Waals surface area contributed by atoms with Crippen molar-refractivity contribution in [2.75, 3.05) is 19.3 Å². The molecule has 1 unspecified atom stereocenters. The highest BCUT2D eigenvalue weighted by atomic mass is 32.2.